The van der Waals surface area contributed by atoms with Gasteiger partial charge in [-0.1, -0.05) is 39.3 Å². The molecular weight excluding hydrogens is 389 g/mol. The van der Waals surface area contributed by atoms with Gasteiger partial charge >= 0.3 is 0 Å². The highest BCUT2D eigenvalue weighted by molar-refractivity contribution is 14.0. The zero-order chi connectivity index (χ0) is 15.5. The van der Waals surface area contributed by atoms with Gasteiger partial charge in [0.15, 0.2) is 5.96 Å². The summed E-state index contributed by atoms with van der Waals surface area (Å²) < 4.78 is 5.49. The van der Waals surface area contributed by atoms with Crippen LogP contribution in [0, 0.1) is 0 Å². The van der Waals surface area contributed by atoms with Crippen LogP contribution in [0.1, 0.15) is 51.5 Å². The molecule has 0 radical (unpaired) electrons. The van der Waals surface area contributed by atoms with Crippen LogP contribution in [-0.4, -0.2) is 25.7 Å². The maximum atomic E-state index is 5.89. The van der Waals surface area contributed by atoms with Crippen molar-refractivity contribution in [2.75, 3.05) is 25.1 Å². The van der Waals surface area contributed by atoms with Gasteiger partial charge in [0.05, 0.1) is 0 Å². The summed E-state index contributed by atoms with van der Waals surface area (Å²) in [6.45, 7) is 8.79. The number of hydrogen-bond acceptors (Lipinski definition) is 2. The lowest BCUT2D eigenvalue weighted by atomic mass is 10.0. The number of rotatable bonds is 9. The molecule has 0 saturated carbocycles. The van der Waals surface area contributed by atoms with Crippen molar-refractivity contribution >= 4 is 35.6 Å². The van der Waals surface area contributed by atoms with Gasteiger partial charge in [0, 0.05) is 25.4 Å². The van der Waals surface area contributed by atoms with E-state index in [1.807, 2.05) is 12.1 Å². The second-order valence-electron chi connectivity index (χ2n) is 5.49. The maximum absolute atomic E-state index is 5.89. The molecule has 1 rings (SSSR count). The molecule has 0 fully saturated rings. The molecule has 0 aliphatic heterocycles. The Kier molecular flexibility index (Phi) is 12.2. The van der Waals surface area contributed by atoms with E-state index in [1.165, 1.54) is 12.0 Å². The molecule has 0 aliphatic carbocycles. The topological polar surface area (TPSA) is 59.6 Å². The molecule has 22 heavy (non-hydrogen) atoms. The van der Waals surface area contributed by atoms with Crippen LogP contribution in [0.5, 0.6) is 0 Å². The molecule has 0 saturated heterocycles. The summed E-state index contributed by atoms with van der Waals surface area (Å²) in [4.78, 5) is 4.32. The number of nitrogens with two attached hydrogens (primary N) is 1. The second kappa shape index (κ2) is 12.7. The first-order chi connectivity index (χ1) is 10.1. The van der Waals surface area contributed by atoms with Crippen LogP contribution >= 0.6 is 24.0 Å². The summed E-state index contributed by atoms with van der Waals surface area (Å²) in [6, 6.07) is 8.27. The number of benzene rings is 1. The summed E-state index contributed by atoms with van der Waals surface area (Å²) in [5.41, 5.74) is 8.17. The van der Waals surface area contributed by atoms with Gasteiger partial charge in [-0.3, -0.25) is 4.99 Å². The smallest absolute Gasteiger partial charge is 0.193 e. The summed E-state index contributed by atoms with van der Waals surface area (Å²) in [5.74, 6) is 0.967. The molecule has 0 aliphatic rings. The number of nitrogens with one attached hydrogen (secondary N) is 1. The van der Waals surface area contributed by atoms with Crippen LogP contribution in [0.4, 0.5) is 5.69 Å². The molecule has 3 N–H and O–H groups in total. The minimum atomic E-state index is 0. The standard InChI is InChI=1S/C17H29N3O.HI/c1-4-5-11-21-12-7-10-19-17(18)20-16-9-6-8-15(13-16)14(2)3;/h6,8-9,13-14H,4-5,7,10-12H2,1-3H3,(H3,18,19,20);1H. The normalized spacial score (nSPS) is 11.4. The predicted molar refractivity (Wildman–Crippen MR) is 106 cm³/mol. The van der Waals surface area contributed by atoms with Crippen LogP contribution in [0.3, 0.4) is 0 Å². The minimum absolute atomic E-state index is 0. The fraction of sp³-hybridized carbons (Fsp3) is 0.588. The summed E-state index contributed by atoms with van der Waals surface area (Å²) in [6.07, 6.45) is 3.20. The minimum Gasteiger partial charge on any atom is -0.381 e. The van der Waals surface area contributed by atoms with E-state index in [9.17, 15) is 0 Å². The van der Waals surface area contributed by atoms with Crippen molar-refractivity contribution in [3.8, 4) is 0 Å². The van der Waals surface area contributed by atoms with Crippen molar-refractivity contribution in [2.45, 2.75) is 46.0 Å². The number of ether oxygens (including phenoxy) is 1. The third-order valence-corrected chi connectivity index (χ3v) is 3.20. The molecule has 0 unspecified atom stereocenters. The summed E-state index contributed by atoms with van der Waals surface area (Å²) in [5, 5.41) is 3.14. The molecule has 5 heteroatoms. The molecule has 4 nitrogen and oxygen atoms in total. The first-order valence-electron chi connectivity index (χ1n) is 7.88. The summed E-state index contributed by atoms with van der Waals surface area (Å²) >= 11 is 0. The average Bonchev–Trinajstić information content (AvgIpc) is 2.46. The lowest BCUT2D eigenvalue weighted by Crippen LogP contribution is -2.23. The first-order valence-corrected chi connectivity index (χ1v) is 7.88. The second-order valence-corrected chi connectivity index (χ2v) is 5.49. The number of guanidine groups is 1. The van der Waals surface area contributed by atoms with Gasteiger partial charge in [0.2, 0.25) is 0 Å². The highest BCUT2D eigenvalue weighted by Gasteiger charge is 2.01. The van der Waals surface area contributed by atoms with E-state index in [1.54, 1.807) is 0 Å². The third-order valence-electron chi connectivity index (χ3n) is 3.20. The van der Waals surface area contributed by atoms with E-state index >= 15 is 0 Å². The molecule has 1 aromatic carbocycles. The predicted octanol–water partition coefficient (Wildman–Crippen LogP) is 4.36. The van der Waals surface area contributed by atoms with E-state index in [4.69, 9.17) is 10.5 Å². The number of hydrogen-bond donors (Lipinski definition) is 2. The van der Waals surface area contributed by atoms with Crippen molar-refractivity contribution in [1.82, 2.24) is 0 Å². The number of anilines is 1. The highest BCUT2D eigenvalue weighted by Crippen LogP contribution is 2.18. The first kappa shape index (κ1) is 21.2. The Balaban J connectivity index is 0.00000441. The van der Waals surface area contributed by atoms with Crippen molar-refractivity contribution in [3.63, 3.8) is 0 Å². The van der Waals surface area contributed by atoms with Gasteiger partial charge in [-0.25, -0.2) is 0 Å². The molecule has 0 heterocycles. The molecule has 0 aromatic heterocycles. The van der Waals surface area contributed by atoms with Gasteiger partial charge < -0.3 is 15.8 Å². The Labute approximate surface area is 151 Å². The van der Waals surface area contributed by atoms with Crippen LogP contribution in [-0.2, 0) is 4.74 Å². The SMILES string of the molecule is CCCCOCCCN=C(N)Nc1cccc(C(C)C)c1.I. The van der Waals surface area contributed by atoms with E-state index in [2.05, 4.69) is 43.2 Å². The van der Waals surface area contributed by atoms with Crippen LogP contribution in [0.25, 0.3) is 0 Å². The number of aliphatic imine (C=N–C) groups is 1. The average molecular weight is 419 g/mol. The largest absolute Gasteiger partial charge is 0.381 e. The fourth-order valence-corrected chi connectivity index (χ4v) is 1.88. The Morgan fingerprint density at radius 3 is 2.68 bits per heavy atom. The van der Waals surface area contributed by atoms with Gasteiger partial charge in [-0.2, -0.15) is 0 Å². The highest BCUT2D eigenvalue weighted by atomic mass is 127. The Morgan fingerprint density at radius 2 is 2.00 bits per heavy atom. The van der Waals surface area contributed by atoms with E-state index < -0.39 is 0 Å². The van der Waals surface area contributed by atoms with Crippen molar-refractivity contribution < 1.29 is 4.74 Å². The monoisotopic (exact) mass is 419 g/mol. The van der Waals surface area contributed by atoms with Gasteiger partial charge in [-0.05, 0) is 36.5 Å². The third kappa shape index (κ3) is 9.25. The Bertz CT molecular complexity index is 436. The van der Waals surface area contributed by atoms with Crippen molar-refractivity contribution in [2.24, 2.45) is 10.7 Å². The molecule has 0 atom stereocenters. The van der Waals surface area contributed by atoms with Gasteiger partial charge in [0.25, 0.3) is 0 Å². The molecular formula is C17H30IN3O. The van der Waals surface area contributed by atoms with Crippen LogP contribution < -0.4 is 11.1 Å². The van der Waals surface area contributed by atoms with Crippen LogP contribution in [0.15, 0.2) is 29.3 Å². The van der Waals surface area contributed by atoms with Gasteiger partial charge in [0.1, 0.15) is 0 Å². The molecule has 126 valence electrons. The number of unbranched alkanes of at least 4 members (excludes halogenated alkanes) is 1. The molecule has 0 spiro atoms. The van der Waals surface area contributed by atoms with Crippen molar-refractivity contribution in [1.29, 1.82) is 0 Å². The Hall–Kier alpha value is -0.820. The number of halogens is 1. The maximum Gasteiger partial charge on any atom is 0.193 e. The van der Waals surface area contributed by atoms with Crippen LogP contribution in [0.2, 0.25) is 0 Å². The summed E-state index contributed by atoms with van der Waals surface area (Å²) in [7, 11) is 0. The van der Waals surface area contributed by atoms with Crippen molar-refractivity contribution in [3.05, 3.63) is 29.8 Å². The quantitative estimate of drug-likeness (QED) is 0.271. The molecule has 0 amide bonds. The number of nitrogens with zero attached hydrogens (tertiary/aromatic N) is 1. The Morgan fingerprint density at radius 1 is 1.27 bits per heavy atom. The van der Waals surface area contributed by atoms with E-state index in [-0.39, 0.29) is 24.0 Å². The van der Waals surface area contributed by atoms with E-state index in [0.717, 1.165) is 31.7 Å². The molecule has 0 bridgehead atoms. The van der Waals surface area contributed by atoms with E-state index in [0.29, 0.717) is 18.4 Å². The van der Waals surface area contributed by atoms with Gasteiger partial charge in [-0.15, -0.1) is 24.0 Å². The lowest BCUT2D eigenvalue weighted by molar-refractivity contribution is 0.130. The lowest BCUT2D eigenvalue weighted by Gasteiger charge is -2.10. The zero-order valence-corrected chi connectivity index (χ0v) is 16.3. The fourth-order valence-electron chi connectivity index (χ4n) is 1.88. The molecule has 1 aromatic rings. The zero-order valence-electron chi connectivity index (χ0n) is 14.0.